The van der Waals surface area contributed by atoms with E-state index in [0.29, 0.717) is 44.2 Å². The Labute approximate surface area is 161 Å². The summed E-state index contributed by atoms with van der Waals surface area (Å²) in [7, 11) is -3.59. The van der Waals surface area contributed by atoms with Crippen molar-refractivity contribution in [3.63, 3.8) is 0 Å². The van der Waals surface area contributed by atoms with Gasteiger partial charge in [0, 0.05) is 39.3 Å². The van der Waals surface area contributed by atoms with Gasteiger partial charge in [-0.15, -0.1) is 0 Å². The van der Waals surface area contributed by atoms with Crippen molar-refractivity contribution in [2.45, 2.75) is 38.7 Å². The largest absolute Gasteiger partial charge is 0.366 e. The Morgan fingerprint density at radius 2 is 1.67 bits per heavy atom. The zero-order chi connectivity index (χ0) is 19.8. The minimum atomic E-state index is -3.59. The van der Waals surface area contributed by atoms with Gasteiger partial charge in [0.15, 0.2) is 0 Å². The Hall–Kier alpha value is -1.48. The highest BCUT2D eigenvalue weighted by Gasteiger charge is 2.35. The fraction of sp³-hybridized carbons (Fsp3) is 0.632. The minimum Gasteiger partial charge on any atom is -0.366 e. The lowest BCUT2D eigenvalue weighted by atomic mass is 10.0. The van der Waals surface area contributed by atoms with Crippen molar-refractivity contribution in [2.24, 2.45) is 0 Å². The van der Waals surface area contributed by atoms with Gasteiger partial charge in [0.2, 0.25) is 10.0 Å². The number of rotatable bonds is 3. The average molecular weight is 396 g/mol. The second kappa shape index (κ2) is 7.87. The second-order valence-corrected chi connectivity index (χ2v) is 9.26. The van der Waals surface area contributed by atoms with E-state index in [-0.39, 0.29) is 5.91 Å². The SMILES string of the molecule is Cc1cc(C)c(C)c(S(=O)(=O)N2CCN(C(=O)C3CNCCO3)CC2)c1C. The third-order valence-corrected chi connectivity index (χ3v) is 7.82. The van der Waals surface area contributed by atoms with E-state index in [2.05, 4.69) is 5.32 Å². The van der Waals surface area contributed by atoms with Gasteiger partial charge < -0.3 is 15.0 Å². The number of nitrogens with zero attached hydrogens (tertiary/aromatic N) is 2. The van der Waals surface area contributed by atoms with Crippen molar-refractivity contribution in [2.75, 3.05) is 45.9 Å². The average Bonchev–Trinajstić information content (AvgIpc) is 2.66. The molecule has 2 saturated heterocycles. The van der Waals surface area contributed by atoms with Crippen LogP contribution >= 0.6 is 0 Å². The summed E-state index contributed by atoms with van der Waals surface area (Å²) in [6, 6.07) is 2.03. The van der Waals surface area contributed by atoms with E-state index >= 15 is 0 Å². The molecule has 1 N–H and O–H groups in total. The fourth-order valence-electron chi connectivity index (χ4n) is 3.77. The van der Waals surface area contributed by atoms with E-state index in [4.69, 9.17) is 4.74 Å². The van der Waals surface area contributed by atoms with Crippen molar-refractivity contribution in [3.8, 4) is 0 Å². The number of piperazine rings is 1. The van der Waals surface area contributed by atoms with E-state index in [9.17, 15) is 13.2 Å². The number of hydrogen-bond donors (Lipinski definition) is 1. The lowest BCUT2D eigenvalue weighted by Crippen LogP contribution is -2.56. The van der Waals surface area contributed by atoms with Crippen LogP contribution in [0.5, 0.6) is 0 Å². The number of ether oxygens (including phenoxy) is 1. The molecule has 2 heterocycles. The van der Waals surface area contributed by atoms with Crippen LogP contribution in [0, 0.1) is 27.7 Å². The van der Waals surface area contributed by atoms with Gasteiger partial charge in [-0.3, -0.25) is 4.79 Å². The van der Waals surface area contributed by atoms with Crippen molar-refractivity contribution in [1.82, 2.24) is 14.5 Å². The Kier molecular flexibility index (Phi) is 5.90. The van der Waals surface area contributed by atoms with Crippen LogP contribution in [0.25, 0.3) is 0 Å². The molecule has 150 valence electrons. The third kappa shape index (κ3) is 3.89. The predicted molar refractivity (Wildman–Crippen MR) is 103 cm³/mol. The Balaban J connectivity index is 1.75. The van der Waals surface area contributed by atoms with E-state index in [1.807, 2.05) is 33.8 Å². The lowest BCUT2D eigenvalue weighted by molar-refractivity contribution is -0.146. The van der Waals surface area contributed by atoms with Crippen molar-refractivity contribution in [3.05, 3.63) is 28.3 Å². The molecular weight excluding hydrogens is 366 g/mol. The standard InChI is InChI=1S/C19H29N3O4S/c1-13-11-14(2)16(4)18(15(13)3)27(24,25)22-8-6-21(7-9-22)19(23)17-12-20-5-10-26-17/h11,17,20H,5-10,12H2,1-4H3. The molecule has 0 bridgehead atoms. The van der Waals surface area contributed by atoms with Gasteiger partial charge in [0.1, 0.15) is 6.10 Å². The second-order valence-electron chi connectivity index (χ2n) is 7.38. The van der Waals surface area contributed by atoms with Gasteiger partial charge in [-0.25, -0.2) is 8.42 Å². The molecule has 1 amide bonds. The Morgan fingerprint density at radius 3 is 2.19 bits per heavy atom. The first kappa shape index (κ1) is 20.3. The highest BCUT2D eigenvalue weighted by molar-refractivity contribution is 7.89. The van der Waals surface area contributed by atoms with Crippen LogP contribution < -0.4 is 5.32 Å². The Morgan fingerprint density at radius 1 is 1.07 bits per heavy atom. The van der Waals surface area contributed by atoms with Crippen LogP contribution in [0.1, 0.15) is 22.3 Å². The first-order valence-electron chi connectivity index (χ1n) is 9.42. The number of nitrogens with one attached hydrogen (secondary N) is 1. The van der Waals surface area contributed by atoms with Crippen LogP contribution in [0.15, 0.2) is 11.0 Å². The number of carbonyl (C=O) groups excluding carboxylic acids is 1. The maximum Gasteiger partial charge on any atom is 0.253 e. The molecule has 1 aromatic rings. The summed E-state index contributed by atoms with van der Waals surface area (Å²) in [5, 5.41) is 3.15. The monoisotopic (exact) mass is 395 g/mol. The zero-order valence-electron chi connectivity index (χ0n) is 16.5. The molecule has 2 aliphatic heterocycles. The van der Waals surface area contributed by atoms with Crippen LogP contribution in [0.2, 0.25) is 0 Å². The zero-order valence-corrected chi connectivity index (χ0v) is 17.4. The number of benzene rings is 1. The van der Waals surface area contributed by atoms with Gasteiger partial charge in [-0.05, 0) is 49.9 Å². The highest BCUT2D eigenvalue weighted by atomic mass is 32.2. The normalized spacial score (nSPS) is 22.1. The highest BCUT2D eigenvalue weighted by Crippen LogP contribution is 2.29. The molecule has 0 aliphatic carbocycles. The van der Waals surface area contributed by atoms with E-state index < -0.39 is 16.1 Å². The number of aryl methyl sites for hydroxylation is 2. The number of morpholine rings is 1. The predicted octanol–water partition coefficient (Wildman–Crippen LogP) is 0.742. The van der Waals surface area contributed by atoms with Gasteiger partial charge in [0.25, 0.3) is 5.91 Å². The molecule has 27 heavy (non-hydrogen) atoms. The lowest BCUT2D eigenvalue weighted by Gasteiger charge is -2.37. The first-order chi connectivity index (χ1) is 12.7. The molecule has 1 unspecified atom stereocenters. The van der Waals surface area contributed by atoms with Gasteiger partial charge in [-0.2, -0.15) is 4.31 Å². The summed E-state index contributed by atoms with van der Waals surface area (Å²) in [6.45, 7) is 10.8. The summed E-state index contributed by atoms with van der Waals surface area (Å²) in [6.07, 6.45) is -0.467. The van der Waals surface area contributed by atoms with Crippen LogP contribution in [-0.4, -0.2) is 75.5 Å². The van der Waals surface area contributed by atoms with Crippen LogP contribution in [-0.2, 0) is 19.6 Å². The fourth-order valence-corrected chi connectivity index (χ4v) is 5.77. The van der Waals surface area contributed by atoms with Gasteiger partial charge in [-0.1, -0.05) is 6.07 Å². The molecule has 2 aliphatic rings. The molecule has 0 saturated carbocycles. The maximum absolute atomic E-state index is 13.3. The summed E-state index contributed by atoms with van der Waals surface area (Å²) < 4.78 is 33.6. The van der Waals surface area contributed by atoms with E-state index in [1.165, 1.54) is 4.31 Å². The third-order valence-electron chi connectivity index (χ3n) is 5.65. The molecule has 3 rings (SSSR count). The molecule has 2 fully saturated rings. The number of carbonyl (C=O) groups is 1. The number of amides is 1. The topological polar surface area (TPSA) is 79.0 Å². The number of sulfonamides is 1. The molecule has 7 nitrogen and oxygen atoms in total. The summed E-state index contributed by atoms with van der Waals surface area (Å²) >= 11 is 0. The van der Waals surface area contributed by atoms with Crippen molar-refractivity contribution in [1.29, 1.82) is 0 Å². The van der Waals surface area contributed by atoms with Crippen molar-refractivity contribution < 1.29 is 17.9 Å². The van der Waals surface area contributed by atoms with Gasteiger partial charge >= 0.3 is 0 Å². The van der Waals surface area contributed by atoms with E-state index in [1.54, 1.807) is 4.90 Å². The number of hydrogen-bond acceptors (Lipinski definition) is 5. The summed E-state index contributed by atoms with van der Waals surface area (Å²) in [4.78, 5) is 14.7. The molecule has 0 spiro atoms. The minimum absolute atomic E-state index is 0.0574. The molecule has 8 heteroatoms. The molecule has 0 radical (unpaired) electrons. The van der Waals surface area contributed by atoms with Gasteiger partial charge in [0.05, 0.1) is 11.5 Å². The molecule has 1 aromatic carbocycles. The maximum atomic E-state index is 13.3. The quantitative estimate of drug-likeness (QED) is 0.817. The smallest absolute Gasteiger partial charge is 0.253 e. The Bertz CT molecular complexity index is 798. The van der Waals surface area contributed by atoms with E-state index in [0.717, 1.165) is 28.8 Å². The van der Waals surface area contributed by atoms with Crippen LogP contribution in [0.4, 0.5) is 0 Å². The first-order valence-corrected chi connectivity index (χ1v) is 10.9. The van der Waals surface area contributed by atoms with Crippen LogP contribution in [0.3, 0.4) is 0 Å². The van der Waals surface area contributed by atoms with Crippen molar-refractivity contribution >= 4 is 15.9 Å². The molecular formula is C19H29N3O4S. The summed E-state index contributed by atoms with van der Waals surface area (Å²) in [5.41, 5.74) is 3.57. The molecule has 1 atom stereocenters. The molecule has 0 aromatic heterocycles. The summed E-state index contributed by atoms with van der Waals surface area (Å²) in [5.74, 6) is -0.0574.